The van der Waals surface area contributed by atoms with E-state index in [9.17, 15) is 28.0 Å². The monoisotopic (exact) mass is 580 g/mol. The van der Waals surface area contributed by atoms with Crippen molar-refractivity contribution in [2.45, 2.75) is 32.0 Å². The largest absolute Gasteiger partial charge is 0.573 e. The fraction of sp³-hybridized carbons (Fsp3) is 0.267. The molecule has 0 aliphatic carbocycles. The first-order valence-electron chi connectivity index (χ1n) is 12.8. The zero-order valence-corrected chi connectivity index (χ0v) is 23.0. The van der Waals surface area contributed by atoms with Crippen LogP contribution in [-0.4, -0.2) is 53.8 Å². The Bertz CT molecular complexity index is 1640. The van der Waals surface area contributed by atoms with Crippen LogP contribution in [-0.2, 0) is 20.7 Å². The number of methoxy groups -OCH3 is 2. The lowest BCUT2D eigenvalue weighted by atomic mass is 10.1. The third-order valence-electron chi connectivity index (χ3n) is 6.60. The topological polar surface area (TPSA) is 107 Å². The molecule has 42 heavy (non-hydrogen) atoms. The molecule has 1 atom stereocenters. The van der Waals surface area contributed by atoms with Gasteiger partial charge in [0, 0.05) is 14.2 Å². The second kappa shape index (κ2) is 12.8. The van der Waals surface area contributed by atoms with Crippen molar-refractivity contribution in [3.8, 4) is 17.5 Å². The molecule has 0 fully saturated rings. The number of hydrogen-bond acceptors (Lipinski definition) is 7. The van der Waals surface area contributed by atoms with E-state index in [0.717, 1.165) is 12.1 Å². The summed E-state index contributed by atoms with van der Waals surface area (Å²) in [6.07, 6.45) is -5.84. The minimum Gasteiger partial charge on any atom is -0.406 e. The normalized spacial score (nSPS) is 12.2. The maximum absolute atomic E-state index is 13.8. The molecular weight excluding hydrogens is 553 g/mol. The van der Waals surface area contributed by atoms with E-state index in [2.05, 4.69) is 4.74 Å². The van der Waals surface area contributed by atoms with E-state index in [1.165, 1.54) is 35.8 Å². The maximum atomic E-state index is 13.8. The zero-order valence-electron chi connectivity index (χ0n) is 23.0. The van der Waals surface area contributed by atoms with E-state index in [-0.39, 0.29) is 24.3 Å². The molecule has 12 heteroatoms. The second-order valence-electron chi connectivity index (χ2n) is 9.28. The molecule has 3 aromatic carbocycles. The Morgan fingerprint density at radius 1 is 1.02 bits per heavy atom. The highest BCUT2D eigenvalue weighted by Gasteiger charge is 2.32. The van der Waals surface area contributed by atoms with E-state index in [4.69, 9.17) is 14.5 Å². The first-order chi connectivity index (χ1) is 20.0. The SMILES string of the molecule is COC(CN(C(=O)Cc1ccc(OC(F)(F)F)cc1)[C@H](C)c1nc2ccccc2c(=O)n1-c1ccc(C#N)cc1)OC. The van der Waals surface area contributed by atoms with Gasteiger partial charge in [-0.3, -0.25) is 14.2 Å². The van der Waals surface area contributed by atoms with Gasteiger partial charge in [0.1, 0.15) is 11.6 Å². The molecule has 1 aromatic heterocycles. The fourth-order valence-corrected chi connectivity index (χ4v) is 4.47. The summed E-state index contributed by atoms with van der Waals surface area (Å²) in [6.45, 7) is 1.66. The number of benzene rings is 3. The summed E-state index contributed by atoms with van der Waals surface area (Å²) < 4.78 is 53.7. The van der Waals surface area contributed by atoms with Gasteiger partial charge in [0.15, 0.2) is 6.29 Å². The molecule has 0 aliphatic rings. The van der Waals surface area contributed by atoms with Crippen molar-refractivity contribution in [3.63, 3.8) is 0 Å². The van der Waals surface area contributed by atoms with Crippen molar-refractivity contribution in [2.75, 3.05) is 20.8 Å². The van der Waals surface area contributed by atoms with Gasteiger partial charge in [-0.25, -0.2) is 4.98 Å². The van der Waals surface area contributed by atoms with Crippen molar-refractivity contribution < 1.29 is 32.2 Å². The third-order valence-corrected chi connectivity index (χ3v) is 6.60. The molecule has 0 aliphatic heterocycles. The summed E-state index contributed by atoms with van der Waals surface area (Å²) in [6, 6.07) is 19.5. The number of rotatable bonds is 10. The van der Waals surface area contributed by atoms with Crippen molar-refractivity contribution in [2.24, 2.45) is 0 Å². The molecule has 1 heterocycles. The van der Waals surface area contributed by atoms with Gasteiger partial charge in [-0.2, -0.15) is 5.26 Å². The predicted molar refractivity (Wildman–Crippen MR) is 147 cm³/mol. The van der Waals surface area contributed by atoms with Crippen molar-refractivity contribution in [1.29, 1.82) is 5.26 Å². The van der Waals surface area contributed by atoms with Crippen LogP contribution in [0.3, 0.4) is 0 Å². The van der Waals surface area contributed by atoms with Crippen LogP contribution in [0.1, 0.15) is 29.9 Å². The summed E-state index contributed by atoms with van der Waals surface area (Å²) in [4.78, 5) is 33.7. The molecule has 0 saturated heterocycles. The summed E-state index contributed by atoms with van der Waals surface area (Å²) >= 11 is 0. The first-order valence-corrected chi connectivity index (χ1v) is 12.8. The van der Waals surface area contributed by atoms with Gasteiger partial charge in [0.05, 0.1) is 47.2 Å². The smallest absolute Gasteiger partial charge is 0.406 e. The van der Waals surface area contributed by atoms with Gasteiger partial charge in [-0.1, -0.05) is 24.3 Å². The van der Waals surface area contributed by atoms with Crippen molar-refractivity contribution in [3.05, 3.63) is 100 Å². The average Bonchev–Trinajstić information content (AvgIpc) is 2.98. The predicted octanol–water partition coefficient (Wildman–Crippen LogP) is 4.91. The quantitative estimate of drug-likeness (QED) is 0.246. The fourth-order valence-electron chi connectivity index (χ4n) is 4.47. The molecule has 0 N–H and O–H groups in total. The third kappa shape index (κ3) is 6.94. The second-order valence-corrected chi connectivity index (χ2v) is 9.28. The van der Waals surface area contributed by atoms with Crippen LogP contribution >= 0.6 is 0 Å². The van der Waals surface area contributed by atoms with Crippen molar-refractivity contribution in [1.82, 2.24) is 14.5 Å². The Hall–Kier alpha value is -4.73. The number of halogens is 3. The Kier molecular flexibility index (Phi) is 9.25. The molecule has 0 radical (unpaired) electrons. The van der Waals surface area contributed by atoms with E-state index in [1.807, 2.05) is 6.07 Å². The molecule has 0 unspecified atom stereocenters. The average molecular weight is 581 g/mol. The van der Waals surface area contributed by atoms with Crippen LogP contribution in [0, 0.1) is 11.3 Å². The Labute approximate surface area is 239 Å². The standard InChI is InChI=1S/C30H27F3N4O5/c1-19(28-35-25-7-5-4-6-24(25)29(39)37(28)22-12-8-21(17-34)9-13-22)36(18-27(40-2)41-3)26(38)16-20-10-14-23(15-11-20)42-30(31,32)33/h4-15,19,27H,16,18H2,1-3H3/t19-/m1/s1. The summed E-state index contributed by atoms with van der Waals surface area (Å²) in [5, 5.41) is 9.60. The summed E-state index contributed by atoms with van der Waals surface area (Å²) in [5.74, 6) is -0.578. The van der Waals surface area contributed by atoms with Crippen LogP contribution in [0.2, 0.25) is 0 Å². The Balaban J connectivity index is 1.77. The highest BCUT2D eigenvalue weighted by molar-refractivity contribution is 5.80. The minimum absolute atomic E-state index is 0.0433. The number of amides is 1. The maximum Gasteiger partial charge on any atom is 0.573 e. The van der Waals surface area contributed by atoms with Gasteiger partial charge in [-0.05, 0) is 61.0 Å². The number of carbonyl (C=O) groups excluding carboxylic acids is 1. The number of fused-ring (bicyclic) bond motifs is 1. The highest BCUT2D eigenvalue weighted by Crippen LogP contribution is 2.26. The number of nitrogens with zero attached hydrogens (tertiary/aromatic N) is 4. The van der Waals surface area contributed by atoms with Crippen LogP contribution in [0.5, 0.6) is 5.75 Å². The summed E-state index contributed by atoms with van der Waals surface area (Å²) in [7, 11) is 2.84. The van der Waals surface area contributed by atoms with E-state index in [0.29, 0.717) is 27.7 Å². The highest BCUT2D eigenvalue weighted by atomic mass is 19.4. The van der Waals surface area contributed by atoms with Gasteiger partial charge in [0.2, 0.25) is 5.91 Å². The van der Waals surface area contributed by atoms with Gasteiger partial charge >= 0.3 is 6.36 Å². The molecule has 4 aromatic rings. The van der Waals surface area contributed by atoms with E-state index >= 15 is 0 Å². The number of aromatic nitrogens is 2. The number of hydrogen-bond donors (Lipinski definition) is 0. The molecule has 0 spiro atoms. The minimum atomic E-state index is -4.84. The Morgan fingerprint density at radius 2 is 1.67 bits per heavy atom. The van der Waals surface area contributed by atoms with Gasteiger partial charge in [0.25, 0.3) is 5.56 Å². The first kappa shape index (κ1) is 30.2. The Morgan fingerprint density at radius 3 is 2.26 bits per heavy atom. The van der Waals surface area contributed by atoms with Crippen LogP contribution in [0.4, 0.5) is 13.2 Å². The van der Waals surface area contributed by atoms with Crippen LogP contribution in [0.15, 0.2) is 77.6 Å². The molecule has 4 rings (SSSR count). The van der Waals surface area contributed by atoms with E-state index < -0.39 is 30.4 Å². The number of nitriles is 1. The number of para-hydroxylation sites is 1. The van der Waals surface area contributed by atoms with Crippen molar-refractivity contribution >= 4 is 16.8 Å². The molecule has 9 nitrogen and oxygen atoms in total. The molecule has 218 valence electrons. The van der Waals surface area contributed by atoms with Gasteiger partial charge < -0.3 is 19.1 Å². The van der Waals surface area contributed by atoms with Crippen LogP contribution in [0.25, 0.3) is 16.6 Å². The lowest BCUT2D eigenvalue weighted by Gasteiger charge is -2.32. The molecule has 1 amide bonds. The lowest BCUT2D eigenvalue weighted by Crippen LogP contribution is -2.43. The number of alkyl halides is 3. The van der Waals surface area contributed by atoms with E-state index in [1.54, 1.807) is 55.5 Å². The summed E-state index contributed by atoms with van der Waals surface area (Å²) in [5.41, 5.74) is 1.35. The van der Waals surface area contributed by atoms with Gasteiger partial charge in [-0.15, -0.1) is 13.2 Å². The zero-order chi connectivity index (χ0) is 30.4. The number of ether oxygens (including phenoxy) is 3. The molecule has 0 saturated carbocycles. The lowest BCUT2D eigenvalue weighted by molar-refractivity contribution is -0.274. The molecular formula is C30H27F3N4O5. The number of carbonyl (C=O) groups is 1. The molecule has 0 bridgehead atoms. The van der Waals surface area contributed by atoms with Crippen LogP contribution < -0.4 is 10.3 Å².